The van der Waals surface area contributed by atoms with Crippen LogP contribution in [0.15, 0.2) is 0 Å². The van der Waals surface area contributed by atoms with Crippen molar-refractivity contribution < 1.29 is 4.74 Å². The smallest absolute Gasteiger partial charge is 0.0725 e. The molecule has 10 heavy (non-hydrogen) atoms. The lowest BCUT2D eigenvalue weighted by Crippen LogP contribution is -2.31. The van der Waals surface area contributed by atoms with E-state index in [0.29, 0.717) is 12.1 Å². The van der Waals surface area contributed by atoms with Gasteiger partial charge in [-0.05, 0) is 25.7 Å². The van der Waals surface area contributed by atoms with Crippen LogP contribution in [-0.2, 0) is 4.74 Å². The number of nitrogens with two attached hydrogens (primary N) is 1. The summed E-state index contributed by atoms with van der Waals surface area (Å²) in [5.74, 6) is 0. The lowest BCUT2D eigenvalue weighted by atomic mass is 10.2. The normalized spacial score (nSPS) is 33.0. The van der Waals surface area contributed by atoms with E-state index in [2.05, 4.69) is 6.92 Å². The van der Waals surface area contributed by atoms with Crippen molar-refractivity contribution >= 4 is 0 Å². The summed E-state index contributed by atoms with van der Waals surface area (Å²) < 4.78 is 5.54. The van der Waals surface area contributed by atoms with Crippen LogP contribution in [0.25, 0.3) is 0 Å². The molecule has 0 spiro atoms. The van der Waals surface area contributed by atoms with Crippen LogP contribution < -0.4 is 5.73 Å². The molecular weight excluding hydrogens is 126 g/mol. The lowest BCUT2D eigenvalue weighted by molar-refractivity contribution is 0.0486. The molecule has 2 nitrogen and oxygen atoms in total. The van der Waals surface area contributed by atoms with Crippen molar-refractivity contribution in [3.05, 3.63) is 0 Å². The van der Waals surface area contributed by atoms with E-state index in [1.807, 2.05) is 0 Å². The van der Waals surface area contributed by atoms with Gasteiger partial charge in [-0.25, -0.2) is 0 Å². The zero-order valence-corrected chi connectivity index (χ0v) is 6.68. The van der Waals surface area contributed by atoms with E-state index in [9.17, 15) is 0 Å². The summed E-state index contributed by atoms with van der Waals surface area (Å²) in [6.45, 7) is 3.00. The van der Waals surface area contributed by atoms with Crippen LogP contribution in [0.5, 0.6) is 0 Å². The van der Waals surface area contributed by atoms with Crippen LogP contribution in [0, 0.1) is 0 Å². The second kappa shape index (κ2) is 3.94. The first-order valence-corrected chi connectivity index (χ1v) is 4.21. The Morgan fingerprint density at radius 1 is 1.50 bits per heavy atom. The molecule has 2 heteroatoms. The van der Waals surface area contributed by atoms with Crippen LogP contribution in [0.4, 0.5) is 0 Å². The molecule has 0 saturated heterocycles. The second-order valence-electron chi connectivity index (χ2n) is 3.00. The molecule has 1 aliphatic rings. The van der Waals surface area contributed by atoms with Crippen LogP contribution >= 0.6 is 0 Å². The molecule has 1 saturated carbocycles. The summed E-state index contributed by atoms with van der Waals surface area (Å²) in [4.78, 5) is 0. The highest BCUT2D eigenvalue weighted by molar-refractivity contribution is 4.80. The molecule has 1 rings (SSSR count). The van der Waals surface area contributed by atoms with Gasteiger partial charge >= 0.3 is 0 Å². The highest BCUT2D eigenvalue weighted by Gasteiger charge is 2.23. The first kappa shape index (κ1) is 8.02. The topological polar surface area (TPSA) is 35.2 Å². The monoisotopic (exact) mass is 143 g/mol. The Morgan fingerprint density at radius 3 is 2.80 bits per heavy atom. The Hall–Kier alpha value is -0.0800. The average Bonchev–Trinajstić information content (AvgIpc) is 2.31. The third kappa shape index (κ3) is 1.96. The van der Waals surface area contributed by atoms with E-state index in [1.165, 1.54) is 12.8 Å². The highest BCUT2D eigenvalue weighted by Crippen LogP contribution is 2.20. The third-order valence-electron chi connectivity index (χ3n) is 2.04. The Bertz CT molecular complexity index is 95.3. The summed E-state index contributed by atoms with van der Waals surface area (Å²) in [7, 11) is 0. The van der Waals surface area contributed by atoms with E-state index in [0.717, 1.165) is 19.4 Å². The zero-order chi connectivity index (χ0) is 7.40. The summed E-state index contributed by atoms with van der Waals surface area (Å²) in [6.07, 6.45) is 5.02. The number of ether oxygens (including phenoxy) is 1. The van der Waals surface area contributed by atoms with Crippen LogP contribution in [0.1, 0.15) is 32.6 Å². The molecule has 0 heterocycles. The van der Waals surface area contributed by atoms with Crippen molar-refractivity contribution in [1.29, 1.82) is 0 Å². The first-order valence-electron chi connectivity index (χ1n) is 4.21. The first-order chi connectivity index (χ1) is 4.84. The molecular formula is C8H17NO. The molecule has 0 radical (unpaired) electrons. The van der Waals surface area contributed by atoms with Gasteiger partial charge in [0.1, 0.15) is 0 Å². The number of rotatable bonds is 3. The van der Waals surface area contributed by atoms with Gasteiger partial charge in [0.2, 0.25) is 0 Å². The predicted molar refractivity (Wildman–Crippen MR) is 41.9 cm³/mol. The molecule has 1 fully saturated rings. The van der Waals surface area contributed by atoms with Gasteiger partial charge in [-0.15, -0.1) is 0 Å². The van der Waals surface area contributed by atoms with Gasteiger partial charge in [-0.2, -0.15) is 0 Å². The molecule has 0 aliphatic heterocycles. The van der Waals surface area contributed by atoms with Crippen LogP contribution in [-0.4, -0.2) is 18.8 Å². The molecule has 0 aromatic carbocycles. The lowest BCUT2D eigenvalue weighted by Gasteiger charge is -2.15. The van der Waals surface area contributed by atoms with Gasteiger partial charge in [-0.1, -0.05) is 6.92 Å². The molecule has 2 N–H and O–H groups in total. The summed E-state index contributed by atoms with van der Waals surface area (Å²) >= 11 is 0. The van der Waals surface area contributed by atoms with Crippen LogP contribution in [0.3, 0.4) is 0 Å². The van der Waals surface area contributed by atoms with Gasteiger partial charge in [0.15, 0.2) is 0 Å². The van der Waals surface area contributed by atoms with E-state index in [1.54, 1.807) is 0 Å². The average molecular weight is 143 g/mol. The summed E-state index contributed by atoms with van der Waals surface area (Å²) in [5, 5.41) is 0. The number of hydrogen-bond donors (Lipinski definition) is 1. The summed E-state index contributed by atoms with van der Waals surface area (Å²) in [6, 6.07) is 0.312. The van der Waals surface area contributed by atoms with E-state index < -0.39 is 0 Å². The SMILES string of the molecule is CCCOC1CCCC1N. The fourth-order valence-electron chi connectivity index (χ4n) is 1.43. The molecule has 0 amide bonds. The molecule has 2 atom stereocenters. The predicted octanol–water partition coefficient (Wildman–Crippen LogP) is 1.29. The van der Waals surface area contributed by atoms with Gasteiger partial charge in [0, 0.05) is 12.6 Å². The maximum Gasteiger partial charge on any atom is 0.0725 e. The Balaban J connectivity index is 2.14. The minimum atomic E-state index is 0.312. The number of hydrogen-bond acceptors (Lipinski definition) is 2. The highest BCUT2D eigenvalue weighted by atomic mass is 16.5. The van der Waals surface area contributed by atoms with Crippen molar-refractivity contribution in [2.24, 2.45) is 5.73 Å². The molecule has 0 bridgehead atoms. The zero-order valence-electron chi connectivity index (χ0n) is 6.68. The van der Waals surface area contributed by atoms with E-state index in [4.69, 9.17) is 10.5 Å². The van der Waals surface area contributed by atoms with Crippen LogP contribution in [0.2, 0.25) is 0 Å². The van der Waals surface area contributed by atoms with Gasteiger partial charge in [0.05, 0.1) is 6.10 Å². The van der Waals surface area contributed by atoms with Crippen molar-refractivity contribution in [3.63, 3.8) is 0 Å². The van der Waals surface area contributed by atoms with Crippen molar-refractivity contribution in [2.75, 3.05) is 6.61 Å². The van der Waals surface area contributed by atoms with E-state index >= 15 is 0 Å². The van der Waals surface area contributed by atoms with Gasteiger partial charge in [0.25, 0.3) is 0 Å². The Morgan fingerprint density at radius 2 is 2.30 bits per heavy atom. The van der Waals surface area contributed by atoms with E-state index in [-0.39, 0.29) is 0 Å². The summed E-state index contributed by atoms with van der Waals surface area (Å²) in [5.41, 5.74) is 5.79. The second-order valence-corrected chi connectivity index (χ2v) is 3.00. The maximum absolute atomic E-state index is 5.79. The van der Waals surface area contributed by atoms with Gasteiger partial charge < -0.3 is 10.5 Å². The molecule has 0 aromatic heterocycles. The maximum atomic E-state index is 5.79. The minimum absolute atomic E-state index is 0.312. The van der Waals surface area contributed by atoms with Gasteiger partial charge in [-0.3, -0.25) is 0 Å². The third-order valence-corrected chi connectivity index (χ3v) is 2.04. The largest absolute Gasteiger partial charge is 0.377 e. The van der Waals surface area contributed by atoms with Crippen molar-refractivity contribution in [3.8, 4) is 0 Å². The minimum Gasteiger partial charge on any atom is -0.377 e. The molecule has 0 aromatic rings. The Kier molecular flexibility index (Phi) is 3.16. The molecule has 1 aliphatic carbocycles. The quantitative estimate of drug-likeness (QED) is 0.646. The Labute approximate surface area is 62.7 Å². The molecule has 2 unspecified atom stereocenters. The van der Waals surface area contributed by atoms with Crippen molar-refractivity contribution in [2.45, 2.75) is 44.8 Å². The fraction of sp³-hybridized carbons (Fsp3) is 1.00. The van der Waals surface area contributed by atoms with Crippen molar-refractivity contribution in [1.82, 2.24) is 0 Å². The molecule has 60 valence electrons. The fourth-order valence-corrected chi connectivity index (χ4v) is 1.43. The standard InChI is InChI=1S/C8H17NO/c1-2-6-10-8-5-3-4-7(8)9/h7-8H,2-6,9H2,1H3.